The van der Waals surface area contributed by atoms with Crippen LogP contribution in [0.2, 0.25) is 0 Å². The Morgan fingerprint density at radius 2 is 1.86 bits per heavy atom. The first-order valence-electron chi connectivity index (χ1n) is 6.58. The largest absolute Gasteiger partial charge is 0.490 e. The topological polar surface area (TPSA) is 38.7 Å². The minimum atomic E-state index is -0.914. The second kappa shape index (κ2) is 7.04. The molecule has 0 amide bonds. The molecule has 3 nitrogen and oxygen atoms in total. The van der Waals surface area contributed by atoms with Crippen LogP contribution in [0.3, 0.4) is 0 Å². The molecule has 2 aromatic rings. The van der Waals surface area contributed by atoms with Crippen LogP contribution < -0.4 is 9.47 Å². The van der Waals surface area contributed by atoms with Crippen molar-refractivity contribution >= 4 is 0 Å². The Bertz CT molecular complexity index is 614. The summed E-state index contributed by atoms with van der Waals surface area (Å²) in [4.78, 5) is 0. The molecule has 0 aliphatic rings. The van der Waals surface area contributed by atoms with Crippen LogP contribution in [0, 0.1) is 11.6 Å². The Balaban J connectivity index is 2.17. The quantitative estimate of drug-likeness (QED) is 0.887. The lowest BCUT2D eigenvalue weighted by molar-refractivity contribution is 0.260. The van der Waals surface area contributed by atoms with Crippen molar-refractivity contribution in [2.75, 3.05) is 6.61 Å². The van der Waals surface area contributed by atoms with Crippen molar-refractivity contribution in [3.05, 3.63) is 59.2 Å². The van der Waals surface area contributed by atoms with Gasteiger partial charge in [-0.3, -0.25) is 0 Å². The average Bonchev–Trinajstić information content (AvgIpc) is 2.50. The van der Waals surface area contributed by atoms with Crippen LogP contribution in [0.15, 0.2) is 36.4 Å². The van der Waals surface area contributed by atoms with Crippen LogP contribution in [0.4, 0.5) is 8.78 Å². The van der Waals surface area contributed by atoms with E-state index in [-0.39, 0.29) is 18.8 Å². The van der Waals surface area contributed by atoms with E-state index in [0.717, 1.165) is 6.07 Å². The molecule has 0 aromatic heterocycles. The van der Waals surface area contributed by atoms with Crippen LogP contribution in [-0.4, -0.2) is 11.7 Å². The van der Waals surface area contributed by atoms with Gasteiger partial charge in [0.1, 0.15) is 6.61 Å². The summed E-state index contributed by atoms with van der Waals surface area (Å²) < 4.78 is 37.6. The molecule has 21 heavy (non-hydrogen) atoms. The molecule has 0 aliphatic heterocycles. The predicted octanol–water partition coefficient (Wildman–Crippen LogP) is 3.43. The lowest BCUT2D eigenvalue weighted by Gasteiger charge is -2.13. The summed E-state index contributed by atoms with van der Waals surface area (Å²) in [7, 11) is 0. The van der Waals surface area contributed by atoms with Gasteiger partial charge < -0.3 is 14.6 Å². The Hall–Kier alpha value is -2.14. The molecule has 0 bridgehead atoms. The molecule has 0 saturated heterocycles. The second-order valence-electron chi connectivity index (χ2n) is 4.37. The van der Waals surface area contributed by atoms with Gasteiger partial charge in [0.15, 0.2) is 23.1 Å². The maximum absolute atomic E-state index is 13.6. The van der Waals surface area contributed by atoms with Gasteiger partial charge in [0.2, 0.25) is 0 Å². The molecule has 0 radical (unpaired) electrons. The SMILES string of the molecule is CCOc1cc(CO)ccc1OCc1cccc(F)c1F. The van der Waals surface area contributed by atoms with Crippen LogP contribution in [-0.2, 0) is 13.2 Å². The fourth-order valence-electron chi connectivity index (χ4n) is 1.85. The van der Waals surface area contributed by atoms with Gasteiger partial charge in [0.05, 0.1) is 13.2 Å². The Labute approximate surface area is 121 Å². The van der Waals surface area contributed by atoms with Gasteiger partial charge in [-0.15, -0.1) is 0 Å². The smallest absolute Gasteiger partial charge is 0.165 e. The lowest BCUT2D eigenvalue weighted by Crippen LogP contribution is -2.03. The van der Waals surface area contributed by atoms with Crippen molar-refractivity contribution in [3.8, 4) is 11.5 Å². The molecule has 0 spiro atoms. The van der Waals surface area contributed by atoms with E-state index in [9.17, 15) is 8.78 Å². The van der Waals surface area contributed by atoms with E-state index in [4.69, 9.17) is 14.6 Å². The maximum Gasteiger partial charge on any atom is 0.165 e. The first kappa shape index (κ1) is 15.3. The zero-order chi connectivity index (χ0) is 15.2. The highest BCUT2D eigenvalue weighted by Crippen LogP contribution is 2.29. The molecule has 0 saturated carbocycles. The molecule has 5 heteroatoms. The fraction of sp³-hybridized carbons (Fsp3) is 0.250. The summed E-state index contributed by atoms with van der Waals surface area (Å²) in [5.74, 6) is -0.947. The van der Waals surface area contributed by atoms with Crippen molar-refractivity contribution in [1.82, 2.24) is 0 Å². The predicted molar refractivity (Wildman–Crippen MR) is 74.2 cm³/mol. The van der Waals surface area contributed by atoms with Crippen LogP contribution in [0.25, 0.3) is 0 Å². The minimum absolute atomic E-state index is 0.109. The molecule has 0 unspecified atom stereocenters. The van der Waals surface area contributed by atoms with Crippen molar-refractivity contribution in [3.63, 3.8) is 0 Å². The van der Waals surface area contributed by atoms with Gasteiger partial charge in [0, 0.05) is 5.56 Å². The number of halogens is 2. The van der Waals surface area contributed by atoms with Crippen molar-refractivity contribution < 1.29 is 23.4 Å². The second-order valence-corrected chi connectivity index (χ2v) is 4.37. The molecule has 0 atom stereocenters. The molecular weight excluding hydrogens is 278 g/mol. The first-order chi connectivity index (χ1) is 10.2. The van der Waals surface area contributed by atoms with E-state index in [0.29, 0.717) is 23.7 Å². The summed E-state index contributed by atoms with van der Waals surface area (Å²) in [6, 6.07) is 8.91. The highest BCUT2D eigenvalue weighted by Gasteiger charge is 2.11. The van der Waals surface area contributed by atoms with Crippen molar-refractivity contribution in [2.24, 2.45) is 0 Å². The summed E-state index contributed by atoms with van der Waals surface area (Å²) in [5.41, 5.74) is 0.811. The van der Waals surface area contributed by atoms with E-state index in [1.807, 2.05) is 6.92 Å². The summed E-state index contributed by atoms with van der Waals surface area (Å²) >= 11 is 0. The molecule has 0 heterocycles. The highest BCUT2D eigenvalue weighted by atomic mass is 19.2. The number of aliphatic hydroxyl groups excluding tert-OH is 1. The third-order valence-corrected chi connectivity index (χ3v) is 2.91. The molecule has 0 aliphatic carbocycles. The summed E-state index contributed by atoms with van der Waals surface area (Å²) in [6.07, 6.45) is 0. The van der Waals surface area contributed by atoms with Gasteiger partial charge in [-0.1, -0.05) is 18.2 Å². The van der Waals surface area contributed by atoms with Crippen molar-refractivity contribution in [1.29, 1.82) is 0 Å². The standard InChI is InChI=1S/C16H16F2O3/c1-2-20-15-8-11(9-19)6-7-14(15)21-10-12-4-3-5-13(17)16(12)18/h3-8,19H,2,9-10H2,1H3. The minimum Gasteiger partial charge on any atom is -0.490 e. The third kappa shape index (κ3) is 3.70. The Kier molecular flexibility index (Phi) is 5.11. The number of rotatable bonds is 6. The molecule has 0 fully saturated rings. The molecule has 112 valence electrons. The van der Waals surface area contributed by atoms with Gasteiger partial charge in [-0.2, -0.15) is 0 Å². The molecule has 2 aromatic carbocycles. The molecule has 2 rings (SSSR count). The normalized spacial score (nSPS) is 10.5. The summed E-state index contributed by atoms with van der Waals surface area (Å²) in [6.45, 7) is 2.03. The molecular formula is C16H16F2O3. The van der Waals surface area contributed by atoms with E-state index in [1.165, 1.54) is 12.1 Å². The van der Waals surface area contributed by atoms with Crippen LogP contribution >= 0.6 is 0 Å². The number of benzene rings is 2. The average molecular weight is 294 g/mol. The zero-order valence-electron chi connectivity index (χ0n) is 11.6. The van der Waals surface area contributed by atoms with Gasteiger partial charge >= 0.3 is 0 Å². The van der Waals surface area contributed by atoms with Crippen LogP contribution in [0.1, 0.15) is 18.1 Å². The number of hydrogen-bond acceptors (Lipinski definition) is 3. The lowest BCUT2D eigenvalue weighted by atomic mass is 10.2. The number of hydrogen-bond donors (Lipinski definition) is 1. The fourth-order valence-corrected chi connectivity index (χ4v) is 1.85. The Morgan fingerprint density at radius 1 is 1.05 bits per heavy atom. The molecule has 1 N–H and O–H groups in total. The van der Waals surface area contributed by atoms with Gasteiger partial charge in [0.25, 0.3) is 0 Å². The van der Waals surface area contributed by atoms with Crippen LogP contribution in [0.5, 0.6) is 11.5 Å². The number of ether oxygens (including phenoxy) is 2. The van der Waals surface area contributed by atoms with Gasteiger partial charge in [-0.05, 0) is 30.7 Å². The number of aliphatic hydroxyl groups is 1. The summed E-state index contributed by atoms with van der Waals surface area (Å²) in [5, 5.41) is 9.11. The third-order valence-electron chi connectivity index (χ3n) is 2.91. The van der Waals surface area contributed by atoms with E-state index in [2.05, 4.69) is 0 Å². The Morgan fingerprint density at radius 3 is 2.57 bits per heavy atom. The van der Waals surface area contributed by atoms with Crippen molar-refractivity contribution in [2.45, 2.75) is 20.1 Å². The van der Waals surface area contributed by atoms with E-state index >= 15 is 0 Å². The monoisotopic (exact) mass is 294 g/mol. The maximum atomic E-state index is 13.6. The van der Waals surface area contributed by atoms with Gasteiger partial charge in [-0.25, -0.2) is 8.78 Å². The van der Waals surface area contributed by atoms with E-state index < -0.39 is 11.6 Å². The first-order valence-corrected chi connectivity index (χ1v) is 6.58. The zero-order valence-corrected chi connectivity index (χ0v) is 11.6. The van der Waals surface area contributed by atoms with E-state index in [1.54, 1.807) is 18.2 Å². The highest BCUT2D eigenvalue weighted by molar-refractivity contribution is 5.43.